The van der Waals surface area contributed by atoms with Gasteiger partial charge in [0.2, 0.25) is 0 Å². The van der Waals surface area contributed by atoms with Crippen LogP contribution in [0.2, 0.25) is 0 Å². The number of nitrogens with zero attached hydrogens (tertiary/aromatic N) is 1. The quantitative estimate of drug-likeness (QED) is 0.776. The molecule has 0 radical (unpaired) electrons. The third kappa shape index (κ3) is 3.22. The highest BCUT2D eigenvalue weighted by atomic mass is 35.5. The summed E-state index contributed by atoms with van der Waals surface area (Å²) in [5, 5.41) is 9.84. The number of carboxylic acid groups (broad SMARTS) is 1. The van der Waals surface area contributed by atoms with Gasteiger partial charge in [0, 0.05) is 22.2 Å². The summed E-state index contributed by atoms with van der Waals surface area (Å²) < 4.78 is 0. The van der Waals surface area contributed by atoms with E-state index in [0.29, 0.717) is 29.9 Å². The zero-order valence-electron chi connectivity index (χ0n) is 10.4. The summed E-state index contributed by atoms with van der Waals surface area (Å²) >= 11 is 5.93. The first kappa shape index (κ1) is 14.0. The molecule has 1 rings (SSSR count). The van der Waals surface area contributed by atoms with Crippen LogP contribution >= 0.6 is 11.6 Å². The van der Waals surface area contributed by atoms with Gasteiger partial charge in [-0.3, -0.25) is 4.79 Å². The van der Waals surface area contributed by atoms with Crippen LogP contribution in [-0.2, 0) is 4.79 Å². The molecular weight excluding hydrogens is 242 g/mol. The molecule has 0 aliphatic heterocycles. The van der Waals surface area contributed by atoms with Gasteiger partial charge in [0.05, 0.1) is 0 Å². The van der Waals surface area contributed by atoms with Crippen LogP contribution < -0.4 is 0 Å². The molecule has 5 heteroatoms. The van der Waals surface area contributed by atoms with Crippen LogP contribution in [0.25, 0.3) is 0 Å². The smallest absolute Gasteiger partial charge is 0.407 e. The number of hydrogen-bond donors (Lipinski definition) is 1. The van der Waals surface area contributed by atoms with Crippen molar-refractivity contribution in [2.75, 3.05) is 0 Å². The first-order valence-electron chi connectivity index (χ1n) is 5.62. The molecule has 0 aromatic heterocycles. The van der Waals surface area contributed by atoms with Gasteiger partial charge in [0.15, 0.2) is 0 Å². The molecule has 17 heavy (non-hydrogen) atoms. The van der Waals surface area contributed by atoms with Gasteiger partial charge in [0.25, 0.3) is 0 Å². The lowest BCUT2D eigenvalue weighted by molar-refractivity contribution is -0.105. The Bertz CT molecular complexity index is 357. The summed E-state index contributed by atoms with van der Waals surface area (Å²) in [6.07, 6.45) is 1.42. The van der Waals surface area contributed by atoms with Gasteiger partial charge in [-0.1, -0.05) is 11.6 Å². The van der Waals surface area contributed by atoms with Crippen molar-refractivity contribution in [3.63, 3.8) is 0 Å². The summed E-state index contributed by atoms with van der Waals surface area (Å²) in [5.41, 5.74) is 0.0484. The van der Waals surface area contributed by atoms with Crippen molar-refractivity contribution in [1.29, 1.82) is 0 Å². The first-order valence-corrected chi connectivity index (χ1v) is 6.00. The van der Waals surface area contributed by atoms with Gasteiger partial charge in [-0.05, 0) is 40.0 Å². The minimum Gasteiger partial charge on any atom is -0.465 e. The SMILES string of the molecule is CC(C)(C)N(C(=O)O)C1CCC(Cl)=C(C=O)C1. The van der Waals surface area contributed by atoms with E-state index in [9.17, 15) is 14.7 Å². The second-order valence-corrected chi connectivity index (χ2v) is 5.72. The Hall–Kier alpha value is -1.03. The van der Waals surface area contributed by atoms with Gasteiger partial charge >= 0.3 is 6.09 Å². The fraction of sp³-hybridized carbons (Fsp3) is 0.667. The summed E-state index contributed by atoms with van der Waals surface area (Å²) in [5.74, 6) is 0. The third-order valence-corrected chi connectivity index (χ3v) is 3.37. The van der Waals surface area contributed by atoms with Gasteiger partial charge < -0.3 is 10.0 Å². The molecule has 1 atom stereocenters. The second-order valence-electron chi connectivity index (χ2n) is 5.27. The van der Waals surface area contributed by atoms with Crippen LogP contribution in [0.15, 0.2) is 10.6 Å². The molecule has 0 bridgehead atoms. The highest BCUT2D eigenvalue weighted by Crippen LogP contribution is 2.32. The fourth-order valence-electron chi connectivity index (χ4n) is 2.24. The lowest BCUT2D eigenvalue weighted by Gasteiger charge is -2.41. The highest BCUT2D eigenvalue weighted by Gasteiger charge is 2.35. The average Bonchev–Trinajstić information content (AvgIpc) is 2.18. The first-order chi connectivity index (χ1) is 7.77. The van der Waals surface area contributed by atoms with E-state index in [1.807, 2.05) is 20.8 Å². The van der Waals surface area contributed by atoms with E-state index >= 15 is 0 Å². The van der Waals surface area contributed by atoms with Crippen molar-refractivity contribution in [3.8, 4) is 0 Å². The molecule has 1 amide bonds. The predicted octanol–water partition coefficient (Wildman–Crippen LogP) is 3.01. The molecule has 1 unspecified atom stereocenters. The van der Waals surface area contributed by atoms with Gasteiger partial charge in [0.1, 0.15) is 6.29 Å². The molecular formula is C12H18ClNO3. The monoisotopic (exact) mass is 259 g/mol. The zero-order chi connectivity index (χ0) is 13.2. The van der Waals surface area contributed by atoms with Crippen LogP contribution in [0.5, 0.6) is 0 Å². The molecule has 1 aliphatic carbocycles. The number of aldehydes is 1. The molecule has 96 valence electrons. The van der Waals surface area contributed by atoms with Crippen LogP contribution in [0.1, 0.15) is 40.0 Å². The van der Waals surface area contributed by atoms with E-state index < -0.39 is 11.6 Å². The van der Waals surface area contributed by atoms with Crippen LogP contribution in [0.3, 0.4) is 0 Å². The number of amides is 1. The molecule has 4 nitrogen and oxygen atoms in total. The summed E-state index contributed by atoms with van der Waals surface area (Å²) in [4.78, 5) is 23.6. The van der Waals surface area contributed by atoms with Crippen molar-refractivity contribution >= 4 is 24.0 Å². The highest BCUT2D eigenvalue weighted by molar-refractivity contribution is 6.31. The summed E-state index contributed by atoms with van der Waals surface area (Å²) in [6.45, 7) is 5.55. The van der Waals surface area contributed by atoms with Crippen LogP contribution in [-0.4, -0.2) is 34.0 Å². The number of halogens is 1. The minimum atomic E-state index is -0.953. The maximum absolute atomic E-state index is 11.3. The summed E-state index contributed by atoms with van der Waals surface area (Å²) in [7, 11) is 0. The van der Waals surface area contributed by atoms with Crippen molar-refractivity contribution < 1.29 is 14.7 Å². The number of hydrogen-bond acceptors (Lipinski definition) is 2. The van der Waals surface area contributed by atoms with E-state index in [2.05, 4.69) is 0 Å². The van der Waals surface area contributed by atoms with E-state index in [0.717, 1.165) is 6.29 Å². The van der Waals surface area contributed by atoms with Crippen molar-refractivity contribution in [1.82, 2.24) is 4.90 Å². The second kappa shape index (κ2) is 5.08. The largest absolute Gasteiger partial charge is 0.465 e. The standard InChI is InChI=1S/C12H18ClNO3/c1-12(2,3)14(11(16)17)9-4-5-10(13)8(6-9)7-15/h7,9H,4-6H2,1-3H3,(H,16,17). The molecule has 0 saturated heterocycles. The maximum atomic E-state index is 11.3. The topological polar surface area (TPSA) is 57.6 Å². The summed E-state index contributed by atoms with van der Waals surface area (Å²) in [6, 6.07) is -0.171. The van der Waals surface area contributed by atoms with E-state index in [4.69, 9.17) is 11.6 Å². The van der Waals surface area contributed by atoms with Crippen molar-refractivity contribution in [2.45, 2.75) is 51.6 Å². The third-order valence-electron chi connectivity index (χ3n) is 2.94. The van der Waals surface area contributed by atoms with Crippen molar-refractivity contribution in [3.05, 3.63) is 10.6 Å². The van der Waals surface area contributed by atoms with Crippen LogP contribution in [0.4, 0.5) is 4.79 Å². The van der Waals surface area contributed by atoms with Crippen LogP contribution in [0, 0.1) is 0 Å². The van der Waals surface area contributed by atoms with E-state index in [-0.39, 0.29) is 6.04 Å². The Balaban J connectivity index is 2.94. The Morgan fingerprint density at radius 2 is 2.12 bits per heavy atom. The molecule has 0 aromatic carbocycles. The normalized spacial score (nSPS) is 21.3. The Labute approximate surface area is 106 Å². The Morgan fingerprint density at radius 3 is 2.53 bits per heavy atom. The predicted molar refractivity (Wildman–Crippen MR) is 66.2 cm³/mol. The van der Waals surface area contributed by atoms with Gasteiger partial charge in [-0.25, -0.2) is 4.79 Å². The molecule has 0 saturated carbocycles. The van der Waals surface area contributed by atoms with Gasteiger partial charge in [-0.15, -0.1) is 0 Å². The number of carbonyl (C=O) groups is 2. The van der Waals surface area contributed by atoms with E-state index in [1.165, 1.54) is 4.90 Å². The Morgan fingerprint density at radius 1 is 1.53 bits per heavy atom. The zero-order valence-corrected chi connectivity index (χ0v) is 11.1. The minimum absolute atomic E-state index is 0.171. The fourth-order valence-corrected chi connectivity index (χ4v) is 2.47. The molecule has 1 aliphatic rings. The number of rotatable bonds is 2. The number of carbonyl (C=O) groups excluding carboxylic acids is 1. The molecule has 0 fully saturated rings. The average molecular weight is 260 g/mol. The Kier molecular flexibility index (Phi) is 4.20. The maximum Gasteiger partial charge on any atom is 0.407 e. The lowest BCUT2D eigenvalue weighted by atomic mass is 9.91. The number of allylic oxidation sites excluding steroid dienone is 1. The van der Waals surface area contributed by atoms with Crippen molar-refractivity contribution in [2.24, 2.45) is 0 Å². The van der Waals surface area contributed by atoms with Gasteiger partial charge in [-0.2, -0.15) is 0 Å². The van der Waals surface area contributed by atoms with E-state index in [1.54, 1.807) is 0 Å². The molecule has 0 heterocycles. The lowest BCUT2D eigenvalue weighted by Crippen LogP contribution is -2.51. The molecule has 0 spiro atoms. The molecule has 0 aromatic rings. The molecule has 1 N–H and O–H groups in total.